The lowest BCUT2D eigenvalue weighted by atomic mass is 10.1. The second kappa shape index (κ2) is 30.6. The van der Waals surface area contributed by atoms with E-state index in [1.54, 1.807) is 45.6 Å². The van der Waals surface area contributed by atoms with E-state index in [1.165, 1.54) is 69.3 Å². The van der Waals surface area contributed by atoms with Crippen LogP contribution in [0.15, 0.2) is 72.8 Å². The number of hydrogen-bond donors (Lipinski definition) is 2. The fraction of sp³-hybridized carbons (Fsp3) is 0.625. The van der Waals surface area contributed by atoms with E-state index in [9.17, 15) is 20.2 Å². The van der Waals surface area contributed by atoms with Crippen molar-refractivity contribution in [3.8, 4) is 0 Å². The van der Waals surface area contributed by atoms with E-state index in [-0.39, 0.29) is 61.7 Å². The predicted octanol–water partition coefficient (Wildman–Crippen LogP) is 7.85. The second-order valence-electron chi connectivity index (χ2n) is 18.0. The number of non-ortho nitro benzene ring substituents is 2. The van der Waals surface area contributed by atoms with Crippen molar-refractivity contribution < 1.29 is 24.1 Å². The SMILES string of the molecule is BrC1CC1.COCCN1CC[C@H](N(c2ccc(N)cc2)C2CC2)C1.COCCN1CC[C@H](N(c2ccc([N+](=O)[O-])cc2)C2CC2)C1.COCCN1CC[C@H](Nc2ccc([N+](=O)[O-])cc2)C1.S.S.S. The van der Waals surface area contributed by atoms with Gasteiger partial charge in [-0.3, -0.25) is 34.9 Å². The highest BCUT2D eigenvalue weighted by molar-refractivity contribution is 9.09. The first-order valence-corrected chi connectivity index (χ1v) is 24.4. The Morgan fingerprint density at radius 3 is 1.31 bits per heavy atom. The van der Waals surface area contributed by atoms with Gasteiger partial charge in [-0.2, -0.15) is 40.5 Å². The predicted molar refractivity (Wildman–Crippen MR) is 295 cm³/mol. The molecule has 0 amide bonds. The molecule has 3 heterocycles. The average Bonchev–Trinajstić information content (AvgIpc) is 4.29. The van der Waals surface area contributed by atoms with E-state index >= 15 is 0 Å². The van der Waals surface area contributed by atoms with Gasteiger partial charge >= 0.3 is 0 Å². The number of alkyl halides is 1. The van der Waals surface area contributed by atoms with Crippen LogP contribution in [0.3, 0.4) is 0 Å². The molecule has 0 aromatic heterocycles. The van der Waals surface area contributed by atoms with E-state index in [0.29, 0.717) is 24.2 Å². The molecule has 3 atom stereocenters. The maximum atomic E-state index is 10.8. The number of nitrogens with two attached hydrogens (primary N) is 1. The van der Waals surface area contributed by atoms with Crippen LogP contribution in [-0.2, 0) is 14.2 Å². The van der Waals surface area contributed by atoms with Gasteiger partial charge in [0.15, 0.2) is 0 Å². The van der Waals surface area contributed by atoms with Gasteiger partial charge in [0, 0.05) is 162 Å². The van der Waals surface area contributed by atoms with Gasteiger partial charge in [0.1, 0.15) is 0 Å². The quantitative estimate of drug-likeness (QED) is 0.0516. The van der Waals surface area contributed by atoms with Gasteiger partial charge < -0.3 is 35.1 Å². The topological polar surface area (TPSA) is 168 Å². The third-order valence-electron chi connectivity index (χ3n) is 12.8. The molecule has 0 spiro atoms. The largest absolute Gasteiger partial charge is 0.399 e. The van der Waals surface area contributed by atoms with Gasteiger partial charge in [-0.05, 0) is 106 Å². The number of halogens is 1. The fourth-order valence-corrected chi connectivity index (χ4v) is 9.08. The summed E-state index contributed by atoms with van der Waals surface area (Å²) in [5.41, 5.74) is 10.3. The van der Waals surface area contributed by atoms with Crippen molar-refractivity contribution in [3.63, 3.8) is 0 Å². The first-order valence-electron chi connectivity index (χ1n) is 23.5. The number of benzene rings is 3. The Hall–Kier alpha value is -3.05. The monoisotopic (exact) mass is 1070 g/mol. The van der Waals surface area contributed by atoms with Crippen molar-refractivity contribution in [1.82, 2.24) is 14.7 Å². The molecule has 3 saturated carbocycles. The first-order chi connectivity index (χ1) is 31.5. The number of hydrogen-bond acceptors (Lipinski definition) is 14. The Morgan fingerprint density at radius 1 is 0.574 bits per heavy atom. The molecule has 6 fully saturated rings. The van der Waals surface area contributed by atoms with Crippen molar-refractivity contribution in [2.45, 2.75) is 92.8 Å². The molecule has 3 aliphatic heterocycles. The van der Waals surface area contributed by atoms with E-state index in [0.717, 1.165) is 113 Å². The van der Waals surface area contributed by atoms with Crippen molar-refractivity contribution in [2.24, 2.45) is 0 Å². The molecular weight excluding hydrogens is 991 g/mol. The van der Waals surface area contributed by atoms with Crippen LogP contribution >= 0.6 is 56.4 Å². The summed E-state index contributed by atoms with van der Waals surface area (Å²) >= 11 is 3.38. The van der Waals surface area contributed by atoms with Crippen LogP contribution in [0.2, 0.25) is 0 Å². The Bertz CT molecular complexity index is 1890. The van der Waals surface area contributed by atoms with Crippen molar-refractivity contribution in [2.75, 3.05) is 121 Å². The number of rotatable bonds is 19. The molecule has 68 heavy (non-hydrogen) atoms. The van der Waals surface area contributed by atoms with E-state index in [1.807, 2.05) is 24.3 Å². The third kappa shape index (κ3) is 19.6. The molecule has 3 aromatic rings. The van der Waals surface area contributed by atoms with E-state index in [4.69, 9.17) is 19.9 Å². The van der Waals surface area contributed by atoms with Crippen LogP contribution in [0.1, 0.15) is 57.8 Å². The summed E-state index contributed by atoms with van der Waals surface area (Å²) in [6.07, 6.45) is 11.4. The molecule has 382 valence electrons. The molecule has 16 nitrogen and oxygen atoms in total. The van der Waals surface area contributed by atoms with Gasteiger partial charge in [-0.15, -0.1) is 0 Å². The van der Waals surface area contributed by atoms with Gasteiger partial charge in [-0.25, -0.2) is 0 Å². The number of nitrogen functional groups attached to an aromatic ring is 1. The van der Waals surface area contributed by atoms with E-state index in [2.05, 4.69) is 57.9 Å². The standard InChI is InChI=1S/C16H23N3O3.C16H25N3O.C13H19N3O3.C3H5Br.3H2S/c1-22-11-10-17-9-8-16(12-17)18(13-2-3-13)14-4-6-15(7-5-14)19(20)21;1-20-11-10-18-9-8-16(12-18)19(15-6-7-15)14-4-2-13(17)3-5-14;1-19-9-8-15-7-6-12(10-15)14-11-2-4-13(5-3-11)16(17)18;4-3-1-2-3;;;/h4-7,13,16H,2-3,8-12H2,1H3;2-5,15-16H,6-12,17H2,1H3;2-5,12,14H,6-10H2,1H3;3H,1-2H2;3*1H2/t2*16-;12-;;;;/m000..../s1. The summed E-state index contributed by atoms with van der Waals surface area (Å²) < 4.78 is 15.4. The summed E-state index contributed by atoms with van der Waals surface area (Å²) in [6.45, 7) is 11.9. The number of likely N-dealkylation sites (tertiary alicyclic amines) is 3. The molecule has 9 rings (SSSR count). The Labute approximate surface area is 433 Å². The van der Waals surface area contributed by atoms with E-state index < -0.39 is 0 Å². The Kier molecular flexibility index (Phi) is 26.7. The number of nitro benzene ring substituents is 2. The lowest BCUT2D eigenvalue weighted by Crippen LogP contribution is -2.39. The zero-order valence-corrected chi connectivity index (χ0v) is 44.8. The molecule has 0 radical (unpaired) electrons. The molecule has 0 unspecified atom stereocenters. The van der Waals surface area contributed by atoms with Crippen LogP contribution < -0.4 is 20.9 Å². The zero-order valence-electron chi connectivity index (χ0n) is 40.2. The molecule has 3 aliphatic carbocycles. The molecule has 3 aromatic carbocycles. The summed E-state index contributed by atoms with van der Waals surface area (Å²) in [6, 6.07) is 24.9. The summed E-state index contributed by atoms with van der Waals surface area (Å²) in [5, 5.41) is 24.8. The molecular formula is C48H78BrN9O7S3. The molecule has 20 heteroatoms. The van der Waals surface area contributed by atoms with Crippen molar-refractivity contribution in [1.29, 1.82) is 0 Å². The van der Waals surface area contributed by atoms with Crippen LogP contribution in [0.4, 0.5) is 34.1 Å². The Morgan fingerprint density at radius 2 is 0.941 bits per heavy atom. The van der Waals surface area contributed by atoms with Crippen LogP contribution in [-0.4, -0.2) is 160 Å². The maximum Gasteiger partial charge on any atom is 0.269 e. The molecule has 0 bridgehead atoms. The minimum atomic E-state index is -0.383. The summed E-state index contributed by atoms with van der Waals surface area (Å²) in [4.78, 5) is 34.0. The molecule has 3 N–H and O–H groups in total. The van der Waals surface area contributed by atoms with Gasteiger partial charge in [0.25, 0.3) is 11.4 Å². The van der Waals surface area contributed by atoms with Crippen LogP contribution in [0, 0.1) is 20.2 Å². The minimum absolute atomic E-state index is 0. The second-order valence-corrected chi connectivity index (χ2v) is 19.3. The smallest absolute Gasteiger partial charge is 0.269 e. The normalized spacial score (nSPS) is 20.9. The Balaban J connectivity index is 0.000000254. The number of nitrogens with one attached hydrogen (secondary N) is 1. The molecule has 3 saturated heterocycles. The van der Waals surface area contributed by atoms with Gasteiger partial charge in [0.05, 0.1) is 29.7 Å². The summed E-state index contributed by atoms with van der Waals surface area (Å²) in [7, 11) is 5.22. The number of nitrogens with zero attached hydrogens (tertiary/aromatic N) is 7. The van der Waals surface area contributed by atoms with Crippen LogP contribution in [0.25, 0.3) is 0 Å². The van der Waals surface area contributed by atoms with Gasteiger partial charge in [-0.1, -0.05) is 15.9 Å². The highest BCUT2D eigenvalue weighted by Crippen LogP contribution is 2.38. The number of methoxy groups -OCH3 is 3. The molecule has 6 aliphatic rings. The van der Waals surface area contributed by atoms with Gasteiger partial charge in [0.2, 0.25) is 0 Å². The lowest BCUT2D eigenvalue weighted by Gasteiger charge is -2.31. The van der Waals surface area contributed by atoms with Crippen LogP contribution in [0.5, 0.6) is 0 Å². The first kappa shape index (κ1) is 59.3. The number of nitro groups is 2. The highest BCUT2D eigenvalue weighted by atomic mass is 79.9. The van der Waals surface area contributed by atoms with Crippen molar-refractivity contribution >= 4 is 90.5 Å². The zero-order chi connectivity index (χ0) is 46.1. The summed E-state index contributed by atoms with van der Waals surface area (Å²) in [5.74, 6) is 0. The average molecular weight is 1070 g/mol. The third-order valence-corrected chi connectivity index (χ3v) is 13.7. The number of ether oxygens (including phenoxy) is 3. The number of anilines is 4. The maximum absolute atomic E-state index is 10.8. The highest BCUT2D eigenvalue weighted by Gasteiger charge is 2.38. The fourth-order valence-electron chi connectivity index (χ4n) is 8.82. The minimum Gasteiger partial charge on any atom is -0.399 e. The lowest BCUT2D eigenvalue weighted by molar-refractivity contribution is -0.385. The van der Waals surface area contributed by atoms with Crippen molar-refractivity contribution in [3.05, 3.63) is 93.0 Å².